The number of halogens is 3. The number of carbonyl (C=O) groups is 1. The largest absolute Gasteiger partial charge is 0.479 e. The van der Waals surface area contributed by atoms with Crippen molar-refractivity contribution in [1.29, 1.82) is 0 Å². The molecular formula is C17H15F3N2O2. The second-order valence-electron chi connectivity index (χ2n) is 5.57. The summed E-state index contributed by atoms with van der Waals surface area (Å²) >= 11 is 0. The van der Waals surface area contributed by atoms with E-state index in [1.807, 2.05) is 0 Å². The molecule has 0 spiro atoms. The number of ether oxygens (including phenoxy) is 1. The third-order valence-electron chi connectivity index (χ3n) is 3.83. The van der Waals surface area contributed by atoms with Crippen LogP contribution < -0.4 is 15.4 Å². The molecule has 1 heterocycles. The predicted molar refractivity (Wildman–Crippen MR) is 83.5 cm³/mol. The summed E-state index contributed by atoms with van der Waals surface area (Å²) in [4.78, 5) is 13.7. The zero-order valence-corrected chi connectivity index (χ0v) is 12.8. The summed E-state index contributed by atoms with van der Waals surface area (Å²) in [6.07, 6.45) is -3.38. The van der Waals surface area contributed by atoms with Crippen molar-refractivity contribution in [3.63, 3.8) is 0 Å². The molecule has 0 aromatic heterocycles. The third kappa shape index (κ3) is 2.89. The van der Waals surface area contributed by atoms with Gasteiger partial charge in [-0.3, -0.25) is 4.79 Å². The minimum absolute atomic E-state index is 0.0312. The average Bonchev–Trinajstić information content (AvgIpc) is 2.54. The fraction of sp³-hybridized carbons (Fsp3) is 0.235. The van der Waals surface area contributed by atoms with Crippen LogP contribution in [0, 0.1) is 5.82 Å². The van der Waals surface area contributed by atoms with Gasteiger partial charge in [0.05, 0.1) is 17.9 Å². The summed E-state index contributed by atoms with van der Waals surface area (Å²) in [5.74, 6) is -0.772. The normalized spacial score (nSPS) is 17.0. The third-order valence-corrected chi connectivity index (χ3v) is 3.83. The molecular weight excluding hydrogens is 321 g/mol. The summed E-state index contributed by atoms with van der Waals surface area (Å²) < 4.78 is 44.9. The SMILES string of the molecule is C[C@H]1Oc2cc(N)c(F)cc2N(Cc2cccc(C(F)F)c2)C1=O. The van der Waals surface area contributed by atoms with E-state index >= 15 is 0 Å². The van der Waals surface area contributed by atoms with Gasteiger partial charge in [-0.2, -0.15) is 0 Å². The Bertz CT molecular complexity index is 795. The number of alkyl halides is 2. The van der Waals surface area contributed by atoms with E-state index in [2.05, 4.69) is 0 Å². The van der Waals surface area contributed by atoms with E-state index in [-0.39, 0.29) is 35.1 Å². The topological polar surface area (TPSA) is 55.6 Å². The summed E-state index contributed by atoms with van der Waals surface area (Å²) in [5, 5.41) is 0. The molecule has 0 bridgehead atoms. The fourth-order valence-corrected chi connectivity index (χ4v) is 2.62. The van der Waals surface area contributed by atoms with Gasteiger partial charge >= 0.3 is 0 Å². The number of hydrogen-bond donors (Lipinski definition) is 1. The Labute approximate surface area is 136 Å². The van der Waals surface area contributed by atoms with E-state index < -0.39 is 18.3 Å². The molecule has 7 heteroatoms. The van der Waals surface area contributed by atoms with Crippen LogP contribution in [-0.4, -0.2) is 12.0 Å². The highest BCUT2D eigenvalue weighted by molar-refractivity contribution is 6.00. The average molecular weight is 336 g/mol. The van der Waals surface area contributed by atoms with Crippen LogP contribution in [0.1, 0.15) is 24.5 Å². The van der Waals surface area contributed by atoms with E-state index in [1.165, 1.54) is 29.2 Å². The molecule has 0 radical (unpaired) electrons. The zero-order chi connectivity index (χ0) is 17.4. The number of anilines is 2. The lowest BCUT2D eigenvalue weighted by molar-refractivity contribution is -0.125. The van der Waals surface area contributed by atoms with Gasteiger partial charge in [-0.25, -0.2) is 13.2 Å². The van der Waals surface area contributed by atoms with Gasteiger partial charge in [-0.05, 0) is 18.6 Å². The monoisotopic (exact) mass is 336 g/mol. The molecule has 4 nitrogen and oxygen atoms in total. The van der Waals surface area contributed by atoms with Crippen molar-refractivity contribution in [3.8, 4) is 5.75 Å². The minimum Gasteiger partial charge on any atom is -0.479 e. The number of nitrogens with zero attached hydrogens (tertiary/aromatic N) is 1. The maximum Gasteiger partial charge on any atom is 0.268 e. The number of nitrogens with two attached hydrogens (primary N) is 1. The number of nitrogen functional groups attached to an aromatic ring is 1. The lowest BCUT2D eigenvalue weighted by Gasteiger charge is -2.33. The Kier molecular flexibility index (Phi) is 4.09. The number of amides is 1. The van der Waals surface area contributed by atoms with Crippen LogP contribution >= 0.6 is 0 Å². The van der Waals surface area contributed by atoms with Crippen LogP contribution in [0.25, 0.3) is 0 Å². The van der Waals surface area contributed by atoms with Gasteiger partial charge in [-0.15, -0.1) is 0 Å². The molecule has 0 saturated heterocycles. The lowest BCUT2D eigenvalue weighted by atomic mass is 10.1. The molecule has 0 saturated carbocycles. The van der Waals surface area contributed by atoms with Crippen molar-refractivity contribution in [3.05, 3.63) is 53.3 Å². The first-order valence-corrected chi connectivity index (χ1v) is 7.31. The van der Waals surface area contributed by atoms with Crippen molar-refractivity contribution < 1.29 is 22.7 Å². The van der Waals surface area contributed by atoms with Crippen LogP contribution in [0.15, 0.2) is 36.4 Å². The molecule has 2 aromatic rings. The maximum atomic E-state index is 13.8. The van der Waals surface area contributed by atoms with Crippen molar-refractivity contribution in [2.45, 2.75) is 26.0 Å². The highest BCUT2D eigenvalue weighted by atomic mass is 19.3. The van der Waals surface area contributed by atoms with Crippen LogP contribution in [0.2, 0.25) is 0 Å². The molecule has 126 valence electrons. The van der Waals surface area contributed by atoms with Gasteiger partial charge in [-0.1, -0.05) is 18.2 Å². The van der Waals surface area contributed by atoms with Crippen molar-refractivity contribution in [2.75, 3.05) is 10.6 Å². The Morgan fingerprint density at radius 1 is 1.29 bits per heavy atom. The number of hydrogen-bond acceptors (Lipinski definition) is 3. The van der Waals surface area contributed by atoms with Crippen LogP contribution in [0.5, 0.6) is 5.75 Å². The zero-order valence-electron chi connectivity index (χ0n) is 12.8. The second kappa shape index (κ2) is 6.07. The first-order chi connectivity index (χ1) is 11.4. The first-order valence-electron chi connectivity index (χ1n) is 7.31. The van der Waals surface area contributed by atoms with E-state index in [1.54, 1.807) is 13.0 Å². The van der Waals surface area contributed by atoms with Gasteiger partial charge in [0.1, 0.15) is 11.6 Å². The lowest BCUT2D eigenvalue weighted by Crippen LogP contribution is -2.44. The Balaban J connectivity index is 1.99. The van der Waals surface area contributed by atoms with Crippen LogP contribution in [0.4, 0.5) is 24.5 Å². The molecule has 2 aromatic carbocycles. The van der Waals surface area contributed by atoms with Gasteiger partial charge in [0.15, 0.2) is 6.10 Å². The summed E-state index contributed by atoms with van der Waals surface area (Å²) in [6, 6.07) is 8.20. The number of carbonyl (C=O) groups excluding carboxylic acids is 1. The molecule has 0 aliphatic carbocycles. The highest BCUT2D eigenvalue weighted by Gasteiger charge is 2.32. The molecule has 0 unspecified atom stereocenters. The fourth-order valence-electron chi connectivity index (χ4n) is 2.62. The predicted octanol–water partition coefficient (Wildman–Crippen LogP) is 3.66. The Morgan fingerprint density at radius 2 is 2.04 bits per heavy atom. The number of benzene rings is 2. The summed E-state index contributed by atoms with van der Waals surface area (Å²) in [6.45, 7) is 1.59. The molecule has 1 amide bonds. The van der Waals surface area contributed by atoms with Crippen LogP contribution in [-0.2, 0) is 11.3 Å². The highest BCUT2D eigenvalue weighted by Crippen LogP contribution is 2.38. The van der Waals surface area contributed by atoms with Crippen molar-refractivity contribution in [1.82, 2.24) is 0 Å². The standard InChI is InChI=1S/C17H15F3N2O2/c1-9-17(23)22(8-10-3-2-4-11(5-10)16(19)20)14-6-12(18)13(21)7-15(14)24-9/h2-7,9,16H,8,21H2,1H3/t9-/m1/s1. The summed E-state index contributed by atoms with van der Waals surface area (Å²) in [7, 11) is 0. The van der Waals surface area contributed by atoms with Gasteiger partial charge in [0.2, 0.25) is 0 Å². The molecule has 3 rings (SSSR count). The van der Waals surface area contributed by atoms with E-state index in [9.17, 15) is 18.0 Å². The molecule has 0 fully saturated rings. The number of fused-ring (bicyclic) bond motifs is 1. The molecule has 1 aliphatic heterocycles. The van der Waals surface area contributed by atoms with Crippen molar-refractivity contribution in [2.24, 2.45) is 0 Å². The van der Waals surface area contributed by atoms with Crippen molar-refractivity contribution >= 4 is 17.3 Å². The van der Waals surface area contributed by atoms with Gasteiger partial charge in [0, 0.05) is 17.7 Å². The molecule has 24 heavy (non-hydrogen) atoms. The smallest absolute Gasteiger partial charge is 0.268 e. The van der Waals surface area contributed by atoms with E-state index in [0.717, 1.165) is 6.07 Å². The molecule has 1 aliphatic rings. The van der Waals surface area contributed by atoms with Gasteiger partial charge in [0.25, 0.3) is 12.3 Å². The van der Waals surface area contributed by atoms with E-state index in [4.69, 9.17) is 10.5 Å². The summed E-state index contributed by atoms with van der Waals surface area (Å²) in [5.41, 5.74) is 6.05. The molecule has 1 atom stereocenters. The van der Waals surface area contributed by atoms with Crippen LogP contribution in [0.3, 0.4) is 0 Å². The van der Waals surface area contributed by atoms with Gasteiger partial charge < -0.3 is 15.4 Å². The second-order valence-corrected chi connectivity index (χ2v) is 5.57. The van der Waals surface area contributed by atoms with E-state index in [0.29, 0.717) is 5.56 Å². The Hall–Kier alpha value is -2.70. The minimum atomic E-state index is -2.60. The quantitative estimate of drug-likeness (QED) is 0.870. The maximum absolute atomic E-state index is 13.8. The first kappa shape index (κ1) is 16.2. The molecule has 2 N–H and O–H groups in total. The Morgan fingerprint density at radius 3 is 2.75 bits per heavy atom. The number of rotatable bonds is 3.